The number of nitrogens with zero attached hydrogens (tertiary/aromatic N) is 3. The quantitative estimate of drug-likeness (QED) is 0.910. The van der Waals surface area contributed by atoms with Gasteiger partial charge in [-0.1, -0.05) is 0 Å². The Kier molecular flexibility index (Phi) is 3.03. The predicted molar refractivity (Wildman–Crippen MR) is 73.3 cm³/mol. The molecule has 0 spiro atoms. The summed E-state index contributed by atoms with van der Waals surface area (Å²) in [6.45, 7) is 0. The maximum atomic E-state index is 5.06. The second kappa shape index (κ2) is 4.84. The van der Waals surface area contributed by atoms with Crippen LogP contribution in [-0.4, -0.2) is 29.1 Å². The summed E-state index contributed by atoms with van der Waals surface area (Å²) >= 11 is 0. The number of methoxy groups -OCH3 is 1. The van der Waals surface area contributed by atoms with Crippen LogP contribution in [0, 0.1) is 0 Å². The summed E-state index contributed by atoms with van der Waals surface area (Å²) in [4.78, 5) is 13.3. The maximum absolute atomic E-state index is 5.06. The normalized spacial score (nSPS) is 14.2. The van der Waals surface area contributed by atoms with Crippen molar-refractivity contribution in [1.29, 1.82) is 0 Å². The van der Waals surface area contributed by atoms with Crippen molar-refractivity contribution in [2.75, 3.05) is 19.5 Å². The van der Waals surface area contributed by atoms with Gasteiger partial charge in [-0.3, -0.25) is 0 Å². The van der Waals surface area contributed by atoms with Gasteiger partial charge < -0.3 is 10.1 Å². The van der Waals surface area contributed by atoms with E-state index in [0.717, 1.165) is 17.1 Å². The summed E-state index contributed by atoms with van der Waals surface area (Å²) in [7, 11) is 3.47. The molecule has 2 aromatic heterocycles. The summed E-state index contributed by atoms with van der Waals surface area (Å²) in [6, 6.07) is 5.77. The second-order valence-corrected chi connectivity index (χ2v) is 4.62. The number of ether oxygens (including phenoxy) is 1. The molecule has 3 rings (SSSR count). The molecule has 0 aliphatic heterocycles. The van der Waals surface area contributed by atoms with Gasteiger partial charge in [0.05, 0.1) is 7.11 Å². The number of nitrogens with one attached hydrogen (secondary N) is 1. The van der Waals surface area contributed by atoms with Crippen molar-refractivity contribution in [3.63, 3.8) is 0 Å². The molecule has 0 atom stereocenters. The van der Waals surface area contributed by atoms with Crippen molar-refractivity contribution in [1.82, 2.24) is 15.0 Å². The largest absolute Gasteiger partial charge is 0.481 e. The molecule has 0 amide bonds. The fourth-order valence-electron chi connectivity index (χ4n) is 1.94. The first-order valence-corrected chi connectivity index (χ1v) is 6.37. The zero-order valence-electron chi connectivity index (χ0n) is 11.1. The predicted octanol–water partition coefficient (Wildman–Crippen LogP) is 2.47. The fourth-order valence-corrected chi connectivity index (χ4v) is 1.94. The molecule has 2 heterocycles. The van der Waals surface area contributed by atoms with E-state index in [0.29, 0.717) is 17.6 Å². The molecule has 0 unspecified atom stereocenters. The molecule has 98 valence electrons. The first-order chi connectivity index (χ1) is 9.30. The third-order valence-electron chi connectivity index (χ3n) is 3.20. The summed E-state index contributed by atoms with van der Waals surface area (Å²) in [6.07, 6.45) is 4.19. The standard InChI is InChI=1S/C14H16N4O/c1-15-12-7-11(9-3-4-9)17-14(18-12)10-5-6-13(19-2)16-8-10/h5-9H,3-4H2,1-2H3,(H,15,17,18). The Balaban J connectivity index is 1.99. The Hall–Kier alpha value is -2.17. The minimum Gasteiger partial charge on any atom is -0.481 e. The smallest absolute Gasteiger partial charge is 0.212 e. The van der Waals surface area contributed by atoms with E-state index in [9.17, 15) is 0 Å². The molecule has 1 saturated carbocycles. The van der Waals surface area contributed by atoms with Crippen molar-refractivity contribution in [2.45, 2.75) is 18.8 Å². The SMILES string of the molecule is CNc1cc(C2CC2)nc(-c2ccc(OC)nc2)n1. The molecular formula is C14H16N4O. The van der Waals surface area contributed by atoms with E-state index in [1.54, 1.807) is 13.3 Å². The van der Waals surface area contributed by atoms with Crippen molar-refractivity contribution in [3.05, 3.63) is 30.1 Å². The van der Waals surface area contributed by atoms with Gasteiger partial charge in [0.2, 0.25) is 5.88 Å². The molecule has 0 aromatic carbocycles. The van der Waals surface area contributed by atoms with E-state index in [4.69, 9.17) is 4.74 Å². The number of hydrogen-bond donors (Lipinski definition) is 1. The average Bonchev–Trinajstić information content (AvgIpc) is 3.31. The molecule has 19 heavy (non-hydrogen) atoms. The lowest BCUT2D eigenvalue weighted by molar-refractivity contribution is 0.398. The van der Waals surface area contributed by atoms with Crippen LogP contribution in [0.1, 0.15) is 24.5 Å². The number of aromatic nitrogens is 3. The van der Waals surface area contributed by atoms with Crippen LogP contribution in [0.5, 0.6) is 5.88 Å². The summed E-state index contributed by atoms with van der Waals surface area (Å²) in [5.74, 6) is 2.75. The summed E-state index contributed by atoms with van der Waals surface area (Å²) < 4.78 is 5.06. The molecule has 1 aliphatic carbocycles. The van der Waals surface area contributed by atoms with Crippen molar-refractivity contribution in [3.8, 4) is 17.3 Å². The highest BCUT2D eigenvalue weighted by Gasteiger charge is 2.26. The van der Waals surface area contributed by atoms with Gasteiger partial charge in [0, 0.05) is 42.6 Å². The molecule has 0 saturated heterocycles. The molecule has 1 aliphatic rings. The third kappa shape index (κ3) is 2.50. The van der Waals surface area contributed by atoms with E-state index in [-0.39, 0.29) is 0 Å². The van der Waals surface area contributed by atoms with Crippen LogP contribution in [0.25, 0.3) is 11.4 Å². The Morgan fingerprint density at radius 1 is 1.26 bits per heavy atom. The molecule has 5 heteroatoms. The lowest BCUT2D eigenvalue weighted by Crippen LogP contribution is -2.00. The van der Waals surface area contributed by atoms with E-state index in [1.807, 2.05) is 25.2 Å². The molecule has 1 fully saturated rings. The Morgan fingerprint density at radius 2 is 2.11 bits per heavy atom. The van der Waals surface area contributed by atoms with Crippen LogP contribution < -0.4 is 10.1 Å². The monoisotopic (exact) mass is 256 g/mol. The van der Waals surface area contributed by atoms with Gasteiger partial charge in [-0.2, -0.15) is 0 Å². The molecular weight excluding hydrogens is 240 g/mol. The minimum absolute atomic E-state index is 0.593. The van der Waals surface area contributed by atoms with Crippen LogP contribution in [0.2, 0.25) is 0 Å². The van der Waals surface area contributed by atoms with Gasteiger partial charge >= 0.3 is 0 Å². The third-order valence-corrected chi connectivity index (χ3v) is 3.20. The van der Waals surface area contributed by atoms with Gasteiger partial charge in [0.15, 0.2) is 5.82 Å². The zero-order valence-corrected chi connectivity index (χ0v) is 11.1. The van der Waals surface area contributed by atoms with Gasteiger partial charge in [-0.05, 0) is 18.9 Å². The lowest BCUT2D eigenvalue weighted by atomic mass is 10.2. The number of rotatable bonds is 4. The van der Waals surface area contributed by atoms with Gasteiger partial charge in [0.25, 0.3) is 0 Å². The number of pyridine rings is 1. The first kappa shape index (κ1) is 11.9. The number of anilines is 1. The van der Waals surface area contributed by atoms with Crippen LogP contribution in [0.15, 0.2) is 24.4 Å². The first-order valence-electron chi connectivity index (χ1n) is 6.37. The van der Waals surface area contributed by atoms with E-state index < -0.39 is 0 Å². The van der Waals surface area contributed by atoms with Gasteiger partial charge in [-0.15, -0.1) is 0 Å². The minimum atomic E-state index is 0.593. The van der Waals surface area contributed by atoms with E-state index >= 15 is 0 Å². The number of hydrogen-bond acceptors (Lipinski definition) is 5. The summed E-state index contributed by atoms with van der Waals surface area (Å²) in [5, 5.41) is 3.09. The van der Waals surface area contributed by atoms with Crippen LogP contribution in [0.3, 0.4) is 0 Å². The second-order valence-electron chi connectivity index (χ2n) is 4.62. The van der Waals surface area contributed by atoms with Gasteiger partial charge in [-0.25, -0.2) is 15.0 Å². The molecule has 5 nitrogen and oxygen atoms in total. The molecule has 1 N–H and O–H groups in total. The molecule has 0 radical (unpaired) electrons. The Bertz CT molecular complexity index is 578. The van der Waals surface area contributed by atoms with Crippen molar-refractivity contribution < 1.29 is 4.74 Å². The molecule has 0 bridgehead atoms. The van der Waals surface area contributed by atoms with Gasteiger partial charge in [0.1, 0.15) is 5.82 Å². The fraction of sp³-hybridized carbons (Fsp3) is 0.357. The average molecular weight is 256 g/mol. The molecule has 2 aromatic rings. The summed E-state index contributed by atoms with van der Waals surface area (Å²) in [5.41, 5.74) is 2.02. The van der Waals surface area contributed by atoms with Crippen molar-refractivity contribution >= 4 is 5.82 Å². The Morgan fingerprint density at radius 3 is 2.68 bits per heavy atom. The van der Waals surface area contributed by atoms with Crippen LogP contribution >= 0.6 is 0 Å². The highest BCUT2D eigenvalue weighted by atomic mass is 16.5. The van der Waals surface area contributed by atoms with E-state index in [2.05, 4.69) is 20.3 Å². The van der Waals surface area contributed by atoms with Crippen LogP contribution in [-0.2, 0) is 0 Å². The van der Waals surface area contributed by atoms with E-state index in [1.165, 1.54) is 12.8 Å². The van der Waals surface area contributed by atoms with Crippen LogP contribution in [0.4, 0.5) is 5.82 Å². The Labute approximate surface area is 112 Å². The highest BCUT2D eigenvalue weighted by molar-refractivity contribution is 5.57. The maximum Gasteiger partial charge on any atom is 0.212 e. The zero-order chi connectivity index (χ0) is 13.2. The highest BCUT2D eigenvalue weighted by Crippen LogP contribution is 2.40. The van der Waals surface area contributed by atoms with Crippen molar-refractivity contribution in [2.24, 2.45) is 0 Å². The lowest BCUT2D eigenvalue weighted by Gasteiger charge is -2.07. The topological polar surface area (TPSA) is 59.9 Å².